The third-order valence-corrected chi connectivity index (χ3v) is 7.22. The monoisotopic (exact) mass is 441 g/mol. The van der Waals surface area contributed by atoms with Gasteiger partial charge in [0.1, 0.15) is 16.4 Å². The molecule has 2 aromatic rings. The number of amidine groups is 1. The third-order valence-electron chi connectivity index (χ3n) is 4.79. The van der Waals surface area contributed by atoms with Gasteiger partial charge in [0, 0.05) is 24.6 Å². The molecule has 0 atom stereocenters. The fourth-order valence-electron chi connectivity index (χ4n) is 3.24. The highest BCUT2D eigenvalue weighted by atomic mass is 32.2. The van der Waals surface area contributed by atoms with E-state index in [0.29, 0.717) is 23.2 Å². The summed E-state index contributed by atoms with van der Waals surface area (Å²) in [4.78, 5) is 23.5. The van der Waals surface area contributed by atoms with E-state index in [0.717, 1.165) is 32.8 Å². The minimum absolute atomic E-state index is 0.0127. The lowest BCUT2D eigenvalue weighted by Crippen LogP contribution is -2.29. The highest BCUT2D eigenvalue weighted by molar-refractivity contribution is 8.19. The van der Waals surface area contributed by atoms with Crippen LogP contribution in [0.3, 0.4) is 0 Å². The molecule has 2 heterocycles. The molecule has 2 aromatic carbocycles. The van der Waals surface area contributed by atoms with Gasteiger partial charge in [0.05, 0.1) is 30.1 Å². The summed E-state index contributed by atoms with van der Waals surface area (Å²) in [7, 11) is 3.63. The molecule has 2 aliphatic heterocycles. The van der Waals surface area contributed by atoms with E-state index in [1.54, 1.807) is 23.8 Å². The summed E-state index contributed by atoms with van der Waals surface area (Å²) in [5, 5.41) is 1.61. The molecule has 156 valence electrons. The van der Waals surface area contributed by atoms with Gasteiger partial charge in [-0.2, -0.15) is 0 Å². The Labute approximate surface area is 184 Å². The first kappa shape index (κ1) is 20.7. The van der Waals surface area contributed by atoms with Crippen molar-refractivity contribution in [2.24, 2.45) is 4.99 Å². The van der Waals surface area contributed by atoms with Crippen LogP contribution < -0.4 is 14.4 Å². The number of hydrogen-bond acceptors (Lipinski definition) is 7. The van der Waals surface area contributed by atoms with Crippen molar-refractivity contribution in [3.05, 3.63) is 52.4 Å². The van der Waals surface area contributed by atoms with Crippen molar-refractivity contribution >= 4 is 46.0 Å². The molecule has 0 bridgehead atoms. The van der Waals surface area contributed by atoms with Crippen LogP contribution >= 0.6 is 23.5 Å². The second-order valence-corrected chi connectivity index (χ2v) is 8.61. The first-order valence-electron chi connectivity index (χ1n) is 9.70. The van der Waals surface area contributed by atoms with Gasteiger partial charge in [-0.25, -0.2) is 4.99 Å². The molecule has 2 aliphatic rings. The maximum atomic E-state index is 13.2. The molecule has 0 unspecified atom stereocenters. The average Bonchev–Trinajstić information content (AvgIpc) is 3.25. The van der Waals surface area contributed by atoms with E-state index in [4.69, 9.17) is 14.5 Å². The smallest absolute Gasteiger partial charge is 0.269 e. The Bertz CT molecular complexity index is 1030. The Morgan fingerprint density at radius 1 is 1.03 bits per heavy atom. The summed E-state index contributed by atoms with van der Waals surface area (Å²) < 4.78 is 10.8. The van der Waals surface area contributed by atoms with Crippen molar-refractivity contribution in [2.45, 2.75) is 18.7 Å². The van der Waals surface area contributed by atoms with Gasteiger partial charge in [0.15, 0.2) is 5.17 Å². The molecule has 8 heteroatoms. The lowest BCUT2D eigenvalue weighted by atomic mass is 10.3. The van der Waals surface area contributed by atoms with Gasteiger partial charge in [-0.1, -0.05) is 11.8 Å². The predicted octanol–water partition coefficient (Wildman–Crippen LogP) is 5.09. The summed E-state index contributed by atoms with van der Waals surface area (Å²) in [6.45, 7) is 5.10. The van der Waals surface area contributed by atoms with Crippen molar-refractivity contribution in [3.63, 3.8) is 0 Å². The highest BCUT2D eigenvalue weighted by Gasteiger charge is 2.38. The van der Waals surface area contributed by atoms with Crippen LogP contribution in [0.5, 0.6) is 11.5 Å². The Kier molecular flexibility index (Phi) is 5.97. The number of thioether (sulfide) groups is 2. The second kappa shape index (κ2) is 8.65. The number of carbonyl (C=O) groups is 1. The zero-order chi connectivity index (χ0) is 21.3. The number of anilines is 1. The fraction of sp³-hybridized carbons (Fsp3) is 0.273. The van der Waals surface area contributed by atoms with Gasteiger partial charge in [0.25, 0.3) is 5.91 Å². The molecule has 1 saturated heterocycles. The lowest BCUT2D eigenvalue weighted by molar-refractivity contribution is -0.122. The topological polar surface area (TPSA) is 54.4 Å². The Balaban J connectivity index is 1.65. The minimum atomic E-state index is -0.0127. The minimum Gasteiger partial charge on any atom is -0.497 e. The first-order chi connectivity index (χ1) is 14.5. The second-order valence-electron chi connectivity index (χ2n) is 6.60. The van der Waals surface area contributed by atoms with E-state index in [9.17, 15) is 4.79 Å². The standard InChI is InChI=1S/C22H23N3O3S2/c1-5-25-20(26)19(21-24(3)17-13-16(27-4)11-12-18(17)29-21)30-22(25)23-14-7-9-15(10-8-14)28-6-2/h7-13H,5-6H2,1-4H3. The Hall–Kier alpha value is -2.58. The summed E-state index contributed by atoms with van der Waals surface area (Å²) in [6, 6.07) is 13.6. The van der Waals surface area contributed by atoms with Gasteiger partial charge < -0.3 is 14.4 Å². The number of aliphatic imine (C=N–C) groups is 1. The zero-order valence-electron chi connectivity index (χ0n) is 17.3. The maximum Gasteiger partial charge on any atom is 0.269 e. The summed E-state index contributed by atoms with van der Waals surface area (Å²) in [5.74, 6) is 1.59. The number of hydrogen-bond donors (Lipinski definition) is 0. The molecule has 6 nitrogen and oxygen atoms in total. The van der Waals surface area contributed by atoms with Crippen molar-refractivity contribution < 1.29 is 14.3 Å². The number of methoxy groups -OCH3 is 1. The molecule has 0 radical (unpaired) electrons. The van der Waals surface area contributed by atoms with Crippen LogP contribution in [0.15, 0.2) is 62.3 Å². The quantitative estimate of drug-likeness (QED) is 0.603. The number of rotatable bonds is 5. The van der Waals surface area contributed by atoms with Gasteiger partial charge in [-0.05, 0) is 62.0 Å². The number of fused-ring (bicyclic) bond motifs is 1. The molecule has 0 aliphatic carbocycles. The molecule has 0 spiro atoms. The number of nitrogens with zero attached hydrogens (tertiary/aromatic N) is 3. The van der Waals surface area contributed by atoms with Gasteiger partial charge in [0.2, 0.25) is 0 Å². The first-order valence-corrected chi connectivity index (χ1v) is 11.3. The Morgan fingerprint density at radius 3 is 2.43 bits per heavy atom. The number of benzene rings is 2. The molecule has 1 fully saturated rings. The number of amides is 1. The van der Waals surface area contributed by atoms with E-state index in [1.165, 1.54) is 11.8 Å². The number of likely N-dealkylation sites (N-methyl/N-ethyl adjacent to an activating group) is 1. The van der Waals surface area contributed by atoms with Gasteiger partial charge >= 0.3 is 0 Å². The molecule has 0 saturated carbocycles. The van der Waals surface area contributed by atoms with Crippen LogP contribution in [0.1, 0.15) is 13.8 Å². The number of carbonyl (C=O) groups excluding carboxylic acids is 1. The van der Waals surface area contributed by atoms with E-state index >= 15 is 0 Å². The van der Waals surface area contributed by atoms with Crippen molar-refractivity contribution in [3.8, 4) is 11.5 Å². The van der Waals surface area contributed by atoms with E-state index in [1.807, 2.05) is 63.4 Å². The van der Waals surface area contributed by atoms with E-state index in [2.05, 4.69) is 4.90 Å². The van der Waals surface area contributed by atoms with E-state index in [-0.39, 0.29) is 5.91 Å². The molecule has 0 N–H and O–H groups in total. The summed E-state index contributed by atoms with van der Waals surface area (Å²) in [5.41, 5.74) is 1.83. The van der Waals surface area contributed by atoms with Crippen LogP contribution in [0, 0.1) is 0 Å². The summed E-state index contributed by atoms with van der Waals surface area (Å²) in [6.07, 6.45) is 0. The van der Waals surface area contributed by atoms with Crippen LogP contribution in [-0.2, 0) is 4.79 Å². The normalized spacial score (nSPS) is 19.6. The van der Waals surface area contributed by atoms with Crippen molar-refractivity contribution in [1.82, 2.24) is 4.90 Å². The molecular weight excluding hydrogens is 418 g/mol. The zero-order valence-corrected chi connectivity index (χ0v) is 19.0. The molecular formula is C22H23N3O3S2. The number of ether oxygens (including phenoxy) is 2. The molecule has 0 aromatic heterocycles. The van der Waals surface area contributed by atoms with Crippen LogP contribution in [0.2, 0.25) is 0 Å². The van der Waals surface area contributed by atoms with Crippen LogP contribution in [0.25, 0.3) is 0 Å². The molecule has 4 rings (SSSR count). The summed E-state index contributed by atoms with van der Waals surface area (Å²) >= 11 is 3.03. The van der Waals surface area contributed by atoms with Crippen molar-refractivity contribution in [2.75, 3.05) is 32.2 Å². The van der Waals surface area contributed by atoms with Crippen LogP contribution in [0.4, 0.5) is 11.4 Å². The third kappa shape index (κ3) is 3.77. The van der Waals surface area contributed by atoms with Crippen molar-refractivity contribution in [1.29, 1.82) is 0 Å². The molecule has 30 heavy (non-hydrogen) atoms. The average molecular weight is 442 g/mol. The predicted molar refractivity (Wildman–Crippen MR) is 124 cm³/mol. The highest BCUT2D eigenvalue weighted by Crippen LogP contribution is 2.51. The largest absolute Gasteiger partial charge is 0.497 e. The lowest BCUT2D eigenvalue weighted by Gasteiger charge is -2.15. The van der Waals surface area contributed by atoms with Gasteiger partial charge in [-0.3, -0.25) is 9.69 Å². The Morgan fingerprint density at radius 2 is 1.77 bits per heavy atom. The fourth-order valence-corrected chi connectivity index (χ4v) is 5.63. The maximum absolute atomic E-state index is 13.2. The van der Waals surface area contributed by atoms with E-state index < -0.39 is 0 Å². The van der Waals surface area contributed by atoms with Crippen LogP contribution in [-0.4, -0.2) is 43.3 Å². The van der Waals surface area contributed by atoms with Gasteiger partial charge in [-0.15, -0.1) is 0 Å². The SMILES string of the molecule is CCOc1ccc(N=C2SC(=C3Sc4ccc(OC)cc4N3C)C(=O)N2CC)cc1. The molecule has 1 amide bonds.